The first-order valence-electron chi connectivity index (χ1n) is 12.3. The summed E-state index contributed by atoms with van der Waals surface area (Å²) in [5.74, 6) is 0.546. The maximum Gasteiger partial charge on any atom is 0.416 e. The zero-order chi connectivity index (χ0) is 28.0. The molecular weight excluding hydrogens is 514 g/mol. The standard InChI is InChI=1S/C24H19F4N5O2.C4H8/c25-18-5-4-16(24(26,27)28)13-20(18)32-23(35)31-19-2-1-3-21-17(19)8-11-33(21)10-7-15-6-9-29-22(12-15)30-14-34;1-4-2-3-4/h1-6,8-9,11-14H,7,10H2,(H,29,30,34)(H2,31,32,35);4H,2-3H2,1H3. The number of nitrogens with one attached hydrogen (secondary N) is 3. The van der Waals surface area contributed by atoms with E-state index in [4.69, 9.17) is 0 Å². The molecule has 39 heavy (non-hydrogen) atoms. The van der Waals surface area contributed by atoms with Gasteiger partial charge in [-0.1, -0.05) is 25.8 Å². The average molecular weight is 542 g/mol. The fourth-order valence-electron chi connectivity index (χ4n) is 3.79. The fraction of sp³-hybridized carbons (Fsp3) is 0.250. The number of alkyl halides is 3. The number of aromatic nitrogens is 2. The van der Waals surface area contributed by atoms with Gasteiger partial charge in [0.1, 0.15) is 11.6 Å². The number of urea groups is 1. The first-order chi connectivity index (χ1) is 18.6. The van der Waals surface area contributed by atoms with Crippen LogP contribution in [0.15, 0.2) is 67.0 Å². The van der Waals surface area contributed by atoms with Crippen LogP contribution in [0.1, 0.15) is 30.9 Å². The molecule has 4 aromatic rings. The smallest absolute Gasteiger partial charge is 0.347 e. The number of carbonyl (C=O) groups excluding carboxylic acids is 2. The number of amides is 3. The quantitative estimate of drug-likeness (QED) is 0.173. The SMILES string of the molecule is CC1CC1.O=CNc1cc(CCn2ccc3c(NC(=O)Nc4cc(C(F)(F)F)ccc4F)cccc32)ccn1. The third-order valence-corrected chi connectivity index (χ3v) is 6.14. The van der Waals surface area contributed by atoms with Crippen LogP contribution >= 0.6 is 0 Å². The fourth-order valence-corrected chi connectivity index (χ4v) is 3.79. The molecule has 0 spiro atoms. The van der Waals surface area contributed by atoms with Crippen molar-refractivity contribution in [3.05, 3.63) is 83.9 Å². The average Bonchev–Trinajstić information content (AvgIpc) is 3.56. The summed E-state index contributed by atoms with van der Waals surface area (Å²) >= 11 is 0. The Kier molecular flexibility index (Phi) is 8.48. The highest BCUT2D eigenvalue weighted by atomic mass is 19.4. The summed E-state index contributed by atoms with van der Waals surface area (Å²) in [5.41, 5.74) is 0.531. The van der Waals surface area contributed by atoms with Crippen molar-refractivity contribution >= 4 is 40.5 Å². The Bertz CT molecular complexity index is 1460. The first kappa shape index (κ1) is 27.6. The van der Waals surface area contributed by atoms with Crippen molar-refractivity contribution in [2.24, 2.45) is 5.92 Å². The Morgan fingerprint density at radius 1 is 1.08 bits per heavy atom. The minimum absolute atomic E-state index is 0.410. The van der Waals surface area contributed by atoms with Gasteiger partial charge in [0, 0.05) is 24.3 Å². The molecule has 0 bridgehead atoms. The van der Waals surface area contributed by atoms with Gasteiger partial charge in [0.25, 0.3) is 0 Å². The van der Waals surface area contributed by atoms with Crippen LogP contribution in [0, 0.1) is 11.7 Å². The van der Waals surface area contributed by atoms with E-state index >= 15 is 0 Å². The lowest BCUT2D eigenvalue weighted by molar-refractivity contribution is -0.137. The topological polar surface area (TPSA) is 88.0 Å². The second-order valence-electron chi connectivity index (χ2n) is 9.26. The number of anilines is 3. The molecule has 3 amide bonds. The highest BCUT2D eigenvalue weighted by molar-refractivity contribution is 6.05. The molecule has 1 aliphatic carbocycles. The number of aryl methyl sites for hydroxylation is 2. The van der Waals surface area contributed by atoms with Gasteiger partial charge in [-0.3, -0.25) is 4.79 Å². The number of carbonyl (C=O) groups is 2. The van der Waals surface area contributed by atoms with Gasteiger partial charge in [-0.25, -0.2) is 14.2 Å². The van der Waals surface area contributed by atoms with Crippen LogP contribution < -0.4 is 16.0 Å². The number of benzene rings is 2. The second kappa shape index (κ2) is 12.0. The van der Waals surface area contributed by atoms with Crippen molar-refractivity contribution in [1.29, 1.82) is 0 Å². The van der Waals surface area contributed by atoms with Gasteiger partial charge in [-0.05, 0) is 66.4 Å². The molecule has 2 heterocycles. The lowest BCUT2D eigenvalue weighted by Gasteiger charge is -2.12. The highest BCUT2D eigenvalue weighted by Crippen LogP contribution is 2.32. The molecule has 11 heteroatoms. The van der Waals surface area contributed by atoms with Crippen LogP contribution in [0.25, 0.3) is 10.9 Å². The molecule has 204 valence electrons. The van der Waals surface area contributed by atoms with Crippen molar-refractivity contribution in [3.63, 3.8) is 0 Å². The molecule has 2 aromatic heterocycles. The van der Waals surface area contributed by atoms with E-state index in [1.54, 1.807) is 30.5 Å². The summed E-state index contributed by atoms with van der Waals surface area (Å²) in [7, 11) is 0. The van der Waals surface area contributed by atoms with Gasteiger partial charge in [0.05, 0.1) is 22.5 Å². The predicted molar refractivity (Wildman–Crippen MR) is 142 cm³/mol. The Hall–Kier alpha value is -4.41. The van der Waals surface area contributed by atoms with Crippen LogP contribution in [0.4, 0.5) is 39.5 Å². The number of nitrogens with zero attached hydrogens (tertiary/aromatic N) is 2. The molecule has 0 unspecified atom stereocenters. The van der Waals surface area contributed by atoms with Crippen LogP contribution in [0.3, 0.4) is 0 Å². The van der Waals surface area contributed by atoms with Crippen molar-refractivity contribution < 1.29 is 27.2 Å². The Morgan fingerprint density at radius 3 is 2.51 bits per heavy atom. The molecule has 7 nitrogen and oxygen atoms in total. The van der Waals surface area contributed by atoms with E-state index in [-0.39, 0.29) is 0 Å². The largest absolute Gasteiger partial charge is 0.416 e. The molecule has 1 fully saturated rings. The summed E-state index contributed by atoms with van der Waals surface area (Å²) in [5, 5.41) is 7.91. The minimum atomic E-state index is -4.67. The van der Waals surface area contributed by atoms with E-state index in [1.165, 1.54) is 12.8 Å². The van der Waals surface area contributed by atoms with E-state index in [0.29, 0.717) is 54.5 Å². The van der Waals surface area contributed by atoms with Gasteiger partial charge < -0.3 is 20.5 Å². The molecule has 1 saturated carbocycles. The molecule has 5 rings (SSSR count). The Morgan fingerprint density at radius 2 is 1.82 bits per heavy atom. The summed E-state index contributed by atoms with van der Waals surface area (Å²) in [4.78, 5) is 27.1. The summed E-state index contributed by atoms with van der Waals surface area (Å²) in [6, 6.07) is 11.5. The zero-order valence-electron chi connectivity index (χ0n) is 21.1. The molecular formula is C28H27F4N5O2. The van der Waals surface area contributed by atoms with Crippen LogP contribution in [-0.4, -0.2) is 22.0 Å². The van der Waals surface area contributed by atoms with E-state index < -0.39 is 29.3 Å². The number of hydrogen-bond donors (Lipinski definition) is 3. The third kappa shape index (κ3) is 7.56. The summed E-state index contributed by atoms with van der Waals surface area (Å²) < 4.78 is 54.7. The molecule has 3 N–H and O–H groups in total. The summed E-state index contributed by atoms with van der Waals surface area (Å²) in [6.07, 6.45) is 2.94. The highest BCUT2D eigenvalue weighted by Gasteiger charge is 2.31. The zero-order valence-corrected chi connectivity index (χ0v) is 21.1. The Labute approximate surface area is 222 Å². The lowest BCUT2D eigenvalue weighted by atomic mass is 10.2. The first-order valence-corrected chi connectivity index (χ1v) is 12.3. The molecule has 0 radical (unpaired) electrons. The normalized spacial score (nSPS) is 12.8. The van der Waals surface area contributed by atoms with Crippen LogP contribution in [-0.2, 0) is 23.9 Å². The van der Waals surface area contributed by atoms with Crippen molar-refractivity contribution in [2.45, 2.75) is 38.9 Å². The number of rotatable bonds is 7. The maximum atomic E-state index is 14.0. The number of hydrogen-bond acceptors (Lipinski definition) is 3. The van der Waals surface area contributed by atoms with Crippen molar-refractivity contribution in [2.75, 3.05) is 16.0 Å². The van der Waals surface area contributed by atoms with Gasteiger partial charge in [0.15, 0.2) is 0 Å². The molecule has 1 aliphatic rings. The monoisotopic (exact) mass is 541 g/mol. The van der Waals surface area contributed by atoms with Gasteiger partial charge in [-0.2, -0.15) is 13.2 Å². The third-order valence-electron chi connectivity index (χ3n) is 6.14. The second-order valence-corrected chi connectivity index (χ2v) is 9.26. The minimum Gasteiger partial charge on any atom is -0.347 e. The Balaban J connectivity index is 0.000000808. The van der Waals surface area contributed by atoms with E-state index in [0.717, 1.165) is 17.0 Å². The molecule has 0 atom stereocenters. The van der Waals surface area contributed by atoms with Crippen molar-refractivity contribution in [3.8, 4) is 0 Å². The predicted octanol–water partition coefficient (Wildman–Crippen LogP) is 7.07. The lowest BCUT2D eigenvalue weighted by Crippen LogP contribution is -2.20. The van der Waals surface area contributed by atoms with Crippen LogP contribution in [0.2, 0.25) is 0 Å². The maximum absolute atomic E-state index is 14.0. The van der Waals surface area contributed by atoms with Crippen molar-refractivity contribution in [1.82, 2.24) is 9.55 Å². The summed E-state index contributed by atoms with van der Waals surface area (Å²) in [6.45, 7) is 2.87. The molecule has 0 saturated heterocycles. The molecule has 0 aliphatic heterocycles. The number of pyridine rings is 1. The van der Waals surface area contributed by atoms with Gasteiger partial charge in [0.2, 0.25) is 6.41 Å². The number of fused-ring (bicyclic) bond motifs is 1. The number of halogens is 4. The van der Waals surface area contributed by atoms with E-state index in [2.05, 4.69) is 27.9 Å². The van der Waals surface area contributed by atoms with E-state index in [9.17, 15) is 27.2 Å². The van der Waals surface area contributed by atoms with Crippen LogP contribution in [0.5, 0.6) is 0 Å². The van der Waals surface area contributed by atoms with Gasteiger partial charge >= 0.3 is 12.2 Å². The molecule has 2 aromatic carbocycles. The van der Waals surface area contributed by atoms with Gasteiger partial charge in [-0.15, -0.1) is 0 Å². The van der Waals surface area contributed by atoms with E-state index in [1.807, 2.05) is 22.9 Å².